The van der Waals surface area contributed by atoms with Crippen molar-refractivity contribution in [2.75, 3.05) is 26.9 Å². The molecule has 0 aromatic heterocycles. The van der Waals surface area contributed by atoms with Gasteiger partial charge in [-0.05, 0) is 62.4 Å². The molecule has 0 radical (unpaired) electrons. The summed E-state index contributed by atoms with van der Waals surface area (Å²) < 4.78 is 17.2. The molecule has 0 saturated carbocycles. The van der Waals surface area contributed by atoms with Gasteiger partial charge >= 0.3 is 0 Å². The number of nitrogens with two attached hydrogens (primary N) is 2. The first kappa shape index (κ1) is 30.8. The molecule has 2 amide bonds. The van der Waals surface area contributed by atoms with E-state index in [9.17, 15) is 14.7 Å². The zero-order chi connectivity index (χ0) is 30.9. The number of carbonyl (C=O) groups is 2. The number of aliphatic imine (C=N–C) groups is 1. The Morgan fingerprint density at radius 3 is 2.60 bits per heavy atom. The summed E-state index contributed by atoms with van der Waals surface area (Å²) in [6.45, 7) is 6.87. The second-order valence-electron chi connectivity index (χ2n) is 12.5. The van der Waals surface area contributed by atoms with Crippen molar-refractivity contribution in [1.29, 1.82) is 0 Å². The second-order valence-corrected chi connectivity index (χ2v) is 12.5. The van der Waals surface area contributed by atoms with Crippen LogP contribution in [0.2, 0.25) is 0 Å². The van der Waals surface area contributed by atoms with Gasteiger partial charge in [0.05, 0.1) is 31.2 Å². The molecule has 0 fully saturated rings. The van der Waals surface area contributed by atoms with E-state index in [0.717, 1.165) is 37.0 Å². The monoisotopic (exact) mass is 592 g/mol. The molecule has 5 N–H and O–H groups in total. The molecule has 3 heterocycles. The van der Waals surface area contributed by atoms with E-state index in [2.05, 4.69) is 12.1 Å². The third-order valence-corrected chi connectivity index (χ3v) is 9.53. The Labute approximate surface area is 253 Å². The lowest BCUT2D eigenvalue weighted by atomic mass is 9.81. The van der Waals surface area contributed by atoms with Crippen LogP contribution in [0.5, 0.6) is 11.5 Å². The Bertz CT molecular complexity index is 1410. The number of aliphatic hydroxyl groups is 1. The molecule has 5 atom stereocenters. The van der Waals surface area contributed by atoms with E-state index < -0.39 is 23.1 Å². The zero-order valence-electron chi connectivity index (χ0n) is 25.6. The lowest BCUT2D eigenvalue weighted by Gasteiger charge is -2.44. The van der Waals surface area contributed by atoms with Crippen molar-refractivity contribution >= 4 is 17.8 Å². The molecule has 43 heavy (non-hydrogen) atoms. The summed E-state index contributed by atoms with van der Waals surface area (Å²) in [5, 5.41) is 10.7. The minimum absolute atomic E-state index is 0.0124. The van der Waals surface area contributed by atoms with E-state index in [4.69, 9.17) is 30.7 Å². The molecule has 0 aliphatic carbocycles. The number of guanidine groups is 1. The third kappa shape index (κ3) is 6.08. The number of hydrogen-bond donors (Lipinski definition) is 3. The largest absolute Gasteiger partial charge is 0.493 e. The zero-order valence-corrected chi connectivity index (χ0v) is 25.6. The molecule has 3 aliphatic rings. The average molecular weight is 593 g/mol. The number of nitrogens with zero attached hydrogens (tertiary/aromatic N) is 2. The maximum atomic E-state index is 13.9. The first-order valence-corrected chi connectivity index (χ1v) is 15.2. The fourth-order valence-corrected chi connectivity index (χ4v) is 6.65. The fourth-order valence-electron chi connectivity index (χ4n) is 6.65. The van der Waals surface area contributed by atoms with E-state index in [1.54, 1.807) is 30.2 Å². The molecular formula is C33H44N4O6. The van der Waals surface area contributed by atoms with E-state index in [1.165, 1.54) is 5.56 Å². The number of benzene rings is 2. The Hall–Kier alpha value is -3.63. The highest BCUT2D eigenvalue weighted by Gasteiger charge is 2.45. The molecule has 0 spiro atoms. The molecule has 10 nitrogen and oxygen atoms in total. The van der Waals surface area contributed by atoms with Gasteiger partial charge in [0.15, 0.2) is 5.96 Å². The van der Waals surface area contributed by atoms with Gasteiger partial charge in [-0.1, -0.05) is 32.4 Å². The second kappa shape index (κ2) is 12.2. The van der Waals surface area contributed by atoms with Crippen LogP contribution in [0.4, 0.5) is 0 Å². The van der Waals surface area contributed by atoms with E-state index in [1.807, 2.05) is 26.8 Å². The van der Waals surface area contributed by atoms with Crippen LogP contribution in [0.1, 0.15) is 91.9 Å². The van der Waals surface area contributed by atoms with Gasteiger partial charge in [0, 0.05) is 35.6 Å². The topological polar surface area (TPSA) is 150 Å². The molecule has 0 saturated heterocycles. The van der Waals surface area contributed by atoms with Crippen molar-refractivity contribution < 1.29 is 28.9 Å². The number of rotatable bonds is 10. The molecular weight excluding hydrogens is 548 g/mol. The lowest BCUT2D eigenvalue weighted by Crippen LogP contribution is -2.55. The number of aryl methyl sites for hydroxylation is 1. The number of primary amides is 1. The minimum atomic E-state index is -0.890. The molecule has 5 rings (SSSR count). The van der Waals surface area contributed by atoms with Gasteiger partial charge in [-0.2, -0.15) is 0 Å². The van der Waals surface area contributed by atoms with Crippen LogP contribution < -0.4 is 20.9 Å². The summed E-state index contributed by atoms with van der Waals surface area (Å²) in [5.74, 6) is 0.723. The van der Waals surface area contributed by atoms with E-state index in [-0.39, 0.29) is 30.1 Å². The summed E-state index contributed by atoms with van der Waals surface area (Å²) in [4.78, 5) is 32.4. The van der Waals surface area contributed by atoms with Crippen LogP contribution >= 0.6 is 0 Å². The van der Waals surface area contributed by atoms with Crippen LogP contribution in [0, 0.1) is 5.92 Å². The van der Waals surface area contributed by atoms with Gasteiger partial charge in [-0.15, -0.1) is 0 Å². The molecule has 2 aromatic carbocycles. The minimum Gasteiger partial charge on any atom is -0.493 e. The highest BCUT2D eigenvalue weighted by Crippen LogP contribution is 2.43. The normalized spacial score (nSPS) is 28.3. The quantitative estimate of drug-likeness (QED) is 0.355. The van der Waals surface area contributed by atoms with Crippen LogP contribution in [-0.2, 0) is 16.0 Å². The number of amides is 2. The SMILES string of the molecule is CC[C@@]1(CCCCc2ccc3c(c2)[C@@H](C)[C@](C)(O)CO3)CC(=O)N([C@H]2c3cc(C(N)=O)ccc3OC[C@H]2COC)C(N)=N1. The van der Waals surface area contributed by atoms with Crippen LogP contribution in [0.3, 0.4) is 0 Å². The van der Waals surface area contributed by atoms with Gasteiger partial charge in [0.25, 0.3) is 0 Å². The third-order valence-electron chi connectivity index (χ3n) is 9.53. The Kier molecular flexibility index (Phi) is 8.72. The van der Waals surface area contributed by atoms with E-state index >= 15 is 0 Å². The molecule has 3 aliphatic heterocycles. The van der Waals surface area contributed by atoms with Crippen molar-refractivity contribution in [3.05, 3.63) is 58.7 Å². The first-order chi connectivity index (χ1) is 20.5. The highest BCUT2D eigenvalue weighted by molar-refractivity contribution is 6.00. The summed E-state index contributed by atoms with van der Waals surface area (Å²) in [6, 6.07) is 10.8. The summed E-state index contributed by atoms with van der Waals surface area (Å²) in [6.07, 6.45) is 4.36. The number of fused-ring (bicyclic) bond motifs is 2. The van der Waals surface area contributed by atoms with Crippen LogP contribution in [0.25, 0.3) is 0 Å². The van der Waals surface area contributed by atoms with Gasteiger partial charge in [0.2, 0.25) is 11.8 Å². The molecule has 0 bridgehead atoms. The summed E-state index contributed by atoms with van der Waals surface area (Å²) in [5.41, 5.74) is 14.0. The van der Waals surface area contributed by atoms with Crippen molar-refractivity contribution in [3.63, 3.8) is 0 Å². The number of ether oxygens (including phenoxy) is 3. The Morgan fingerprint density at radius 1 is 1.16 bits per heavy atom. The maximum absolute atomic E-state index is 13.9. The summed E-state index contributed by atoms with van der Waals surface area (Å²) in [7, 11) is 1.60. The van der Waals surface area contributed by atoms with Crippen molar-refractivity contribution in [1.82, 2.24) is 4.90 Å². The van der Waals surface area contributed by atoms with Gasteiger partial charge in [-0.3, -0.25) is 14.5 Å². The highest BCUT2D eigenvalue weighted by atomic mass is 16.5. The fraction of sp³-hybridized carbons (Fsp3) is 0.545. The molecule has 2 aromatic rings. The number of methoxy groups -OCH3 is 1. The maximum Gasteiger partial charge on any atom is 0.248 e. The predicted octanol–water partition coefficient (Wildman–Crippen LogP) is 3.84. The average Bonchev–Trinajstić information content (AvgIpc) is 2.98. The van der Waals surface area contributed by atoms with Gasteiger partial charge < -0.3 is 30.8 Å². The van der Waals surface area contributed by atoms with Crippen LogP contribution in [0.15, 0.2) is 41.4 Å². The van der Waals surface area contributed by atoms with Gasteiger partial charge in [-0.25, -0.2) is 4.99 Å². The molecule has 10 heteroatoms. The number of unbranched alkanes of at least 4 members (excludes halogenated alkanes) is 1. The standard InChI is InChI=1S/C33H44N4O6/c1-5-33(13-7-6-8-21-9-11-26-24(14-21)20(2)32(3,40)19-43-26)16-28(38)37(31(35)36-33)29-23(17-41-4)18-42-27-12-10-22(30(34)39)15-25(27)29/h9-12,14-15,20,23,29,40H,5-8,13,16-19H2,1-4H3,(H2,34,39)(H2,35,36)/t20-,23-,29-,32-,33-/m1/s1. The first-order valence-electron chi connectivity index (χ1n) is 15.2. The predicted molar refractivity (Wildman–Crippen MR) is 163 cm³/mol. The van der Waals surface area contributed by atoms with E-state index in [0.29, 0.717) is 43.1 Å². The van der Waals surface area contributed by atoms with Crippen molar-refractivity contribution in [3.8, 4) is 11.5 Å². The molecule has 0 unspecified atom stereocenters. The molecule has 232 valence electrons. The number of carbonyl (C=O) groups excluding carboxylic acids is 2. The van der Waals surface area contributed by atoms with Crippen LogP contribution in [-0.4, -0.2) is 65.9 Å². The van der Waals surface area contributed by atoms with Crippen molar-refractivity contribution in [2.24, 2.45) is 22.4 Å². The Balaban J connectivity index is 1.31. The van der Waals surface area contributed by atoms with Gasteiger partial charge in [0.1, 0.15) is 23.7 Å². The Morgan fingerprint density at radius 2 is 1.91 bits per heavy atom. The lowest BCUT2D eigenvalue weighted by molar-refractivity contribution is -0.133. The summed E-state index contributed by atoms with van der Waals surface area (Å²) >= 11 is 0. The number of hydrogen-bond acceptors (Lipinski definition) is 8. The smallest absolute Gasteiger partial charge is 0.248 e. The van der Waals surface area contributed by atoms with Crippen molar-refractivity contribution in [2.45, 2.75) is 82.4 Å².